The van der Waals surface area contributed by atoms with Crippen molar-refractivity contribution in [1.29, 1.82) is 0 Å². The molecule has 2 aliphatic rings. The summed E-state index contributed by atoms with van der Waals surface area (Å²) < 4.78 is 0. The molecular formula is C6H9P. The summed E-state index contributed by atoms with van der Waals surface area (Å²) in [6.45, 7) is 0. The van der Waals surface area contributed by atoms with Crippen LogP contribution in [0.4, 0.5) is 0 Å². The van der Waals surface area contributed by atoms with E-state index in [1.165, 1.54) is 34.0 Å². The highest BCUT2D eigenvalue weighted by Gasteiger charge is 2.20. The van der Waals surface area contributed by atoms with E-state index in [9.17, 15) is 0 Å². The summed E-state index contributed by atoms with van der Waals surface area (Å²) in [7, 11) is 1.23. The fraction of sp³-hybridized carbons (Fsp3) is 0.667. The summed E-state index contributed by atoms with van der Waals surface area (Å²) in [6.07, 6.45) is 5.84. The molecule has 0 saturated heterocycles. The van der Waals surface area contributed by atoms with E-state index in [1.54, 1.807) is 0 Å². The van der Waals surface area contributed by atoms with Gasteiger partial charge in [-0.1, -0.05) is 14.2 Å². The normalized spacial score (nSPS) is 30.9. The molecule has 1 atom stereocenters. The quantitative estimate of drug-likeness (QED) is 0.421. The Morgan fingerprint density at radius 3 is 2.43 bits per heavy atom. The molecule has 0 aromatic heterocycles. The summed E-state index contributed by atoms with van der Waals surface area (Å²) in [5, 5.41) is 1.83. The van der Waals surface area contributed by atoms with Crippen LogP contribution in [0.5, 0.6) is 0 Å². The van der Waals surface area contributed by atoms with E-state index in [0.29, 0.717) is 0 Å². The molecule has 2 rings (SSSR count). The Morgan fingerprint density at radius 2 is 2.14 bits per heavy atom. The van der Waals surface area contributed by atoms with Gasteiger partial charge < -0.3 is 0 Å². The van der Waals surface area contributed by atoms with Crippen molar-refractivity contribution in [3.8, 4) is 0 Å². The van der Waals surface area contributed by atoms with Gasteiger partial charge in [-0.15, -0.1) is 0 Å². The van der Waals surface area contributed by atoms with Gasteiger partial charge in [-0.3, -0.25) is 0 Å². The van der Waals surface area contributed by atoms with Crippen molar-refractivity contribution in [3.63, 3.8) is 0 Å². The average Bonchev–Trinajstić information content (AvgIpc) is 1.85. The van der Waals surface area contributed by atoms with Crippen molar-refractivity contribution in [1.82, 2.24) is 0 Å². The fourth-order valence-electron chi connectivity index (χ4n) is 1.28. The number of hydrogen-bond donors (Lipinski definition) is 0. The van der Waals surface area contributed by atoms with E-state index in [2.05, 4.69) is 0 Å². The molecule has 0 N–H and O–H groups in total. The standard InChI is InChI=1S/C6H9P/c1-2-6-5(1)3-4-7-6/h7H,1-4H2. The van der Waals surface area contributed by atoms with E-state index < -0.39 is 0 Å². The Kier molecular flexibility index (Phi) is 0.772. The second-order valence-corrected chi connectivity index (χ2v) is 3.72. The van der Waals surface area contributed by atoms with Crippen LogP contribution >= 0.6 is 8.58 Å². The van der Waals surface area contributed by atoms with Gasteiger partial charge in [0.1, 0.15) is 0 Å². The highest BCUT2D eigenvalue weighted by atomic mass is 31.1. The molecular weight excluding hydrogens is 103 g/mol. The maximum atomic E-state index is 1.83. The maximum Gasteiger partial charge on any atom is -0.0240 e. The van der Waals surface area contributed by atoms with Gasteiger partial charge in [0.25, 0.3) is 0 Å². The van der Waals surface area contributed by atoms with Crippen LogP contribution < -0.4 is 0 Å². The zero-order valence-electron chi connectivity index (χ0n) is 4.33. The summed E-state index contributed by atoms with van der Waals surface area (Å²) in [5.74, 6) is 0. The van der Waals surface area contributed by atoms with E-state index in [0.717, 1.165) is 0 Å². The lowest BCUT2D eigenvalue weighted by atomic mass is 9.97. The molecule has 0 fully saturated rings. The molecule has 0 aromatic rings. The van der Waals surface area contributed by atoms with Crippen LogP contribution in [-0.4, -0.2) is 6.16 Å². The Labute approximate surface area is 45.8 Å². The predicted octanol–water partition coefficient (Wildman–Crippen LogP) is 2.12. The van der Waals surface area contributed by atoms with Crippen molar-refractivity contribution in [2.75, 3.05) is 6.16 Å². The number of allylic oxidation sites excluding steroid dienone is 2. The van der Waals surface area contributed by atoms with Crippen LogP contribution in [0.25, 0.3) is 0 Å². The van der Waals surface area contributed by atoms with Gasteiger partial charge >= 0.3 is 0 Å². The summed E-state index contributed by atoms with van der Waals surface area (Å²) in [4.78, 5) is 0. The molecule has 1 aliphatic carbocycles. The van der Waals surface area contributed by atoms with Crippen LogP contribution in [0, 0.1) is 0 Å². The van der Waals surface area contributed by atoms with E-state index in [4.69, 9.17) is 0 Å². The zero-order valence-corrected chi connectivity index (χ0v) is 5.33. The molecule has 1 heteroatoms. The summed E-state index contributed by atoms with van der Waals surface area (Å²) in [6, 6.07) is 0. The Bertz CT molecular complexity index is 110. The molecule has 0 radical (unpaired) electrons. The monoisotopic (exact) mass is 112 g/mol. The lowest BCUT2D eigenvalue weighted by Crippen LogP contribution is -1.92. The third kappa shape index (κ3) is 0.466. The molecule has 0 spiro atoms. The second kappa shape index (κ2) is 1.32. The minimum atomic E-state index is 1.23. The molecule has 0 nitrogen and oxygen atoms in total. The highest BCUT2D eigenvalue weighted by Crippen LogP contribution is 2.48. The van der Waals surface area contributed by atoms with E-state index in [1.807, 2.05) is 10.9 Å². The smallest absolute Gasteiger partial charge is 0.0240 e. The minimum Gasteiger partial charge on any atom is -0.0946 e. The van der Waals surface area contributed by atoms with Gasteiger partial charge in [0.05, 0.1) is 0 Å². The fourth-order valence-corrected chi connectivity index (χ4v) is 2.81. The van der Waals surface area contributed by atoms with Gasteiger partial charge in [0, 0.05) is 0 Å². The predicted molar refractivity (Wildman–Crippen MR) is 34.1 cm³/mol. The number of hydrogen-bond acceptors (Lipinski definition) is 0. The third-order valence-electron chi connectivity index (χ3n) is 1.87. The van der Waals surface area contributed by atoms with Crippen LogP contribution in [0.15, 0.2) is 10.9 Å². The molecule has 0 aromatic carbocycles. The molecule has 0 saturated carbocycles. The van der Waals surface area contributed by atoms with Crippen molar-refractivity contribution in [2.24, 2.45) is 0 Å². The lowest BCUT2D eigenvalue weighted by Gasteiger charge is -2.14. The Morgan fingerprint density at radius 1 is 1.14 bits per heavy atom. The molecule has 1 unspecified atom stereocenters. The lowest BCUT2D eigenvalue weighted by molar-refractivity contribution is 0.824. The number of rotatable bonds is 0. The van der Waals surface area contributed by atoms with E-state index >= 15 is 0 Å². The average molecular weight is 112 g/mol. The van der Waals surface area contributed by atoms with Crippen molar-refractivity contribution in [3.05, 3.63) is 10.9 Å². The second-order valence-electron chi connectivity index (χ2n) is 2.26. The topological polar surface area (TPSA) is 0 Å². The molecule has 1 aliphatic heterocycles. The van der Waals surface area contributed by atoms with Crippen LogP contribution in [0.1, 0.15) is 19.3 Å². The largest absolute Gasteiger partial charge is 0.0946 e. The molecule has 0 bridgehead atoms. The zero-order chi connectivity index (χ0) is 4.69. The first-order valence-corrected chi connectivity index (χ1v) is 4.12. The molecule has 1 heterocycles. The van der Waals surface area contributed by atoms with Crippen LogP contribution in [0.3, 0.4) is 0 Å². The van der Waals surface area contributed by atoms with Crippen LogP contribution in [-0.2, 0) is 0 Å². The highest BCUT2D eigenvalue weighted by molar-refractivity contribution is 7.43. The Hall–Kier alpha value is 0.170. The molecule has 7 heavy (non-hydrogen) atoms. The van der Waals surface area contributed by atoms with Crippen molar-refractivity contribution >= 4 is 8.58 Å². The van der Waals surface area contributed by atoms with Crippen molar-refractivity contribution in [2.45, 2.75) is 19.3 Å². The molecule has 0 amide bonds. The van der Waals surface area contributed by atoms with Crippen molar-refractivity contribution < 1.29 is 0 Å². The first kappa shape index (κ1) is 4.09. The maximum absolute atomic E-state index is 1.83. The van der Waals surface area contributed by atoms with Gasteiger partial charge in [-0.05, 0) is 30.7 Å². The Balaban J connectivity index is 2.29. The minimum absolute atomic E-state index is 1.23. The SMILES string of the molecule is C1CC2=C(CC2)P1. The van der Waals surface area contributed by atoms with Gasteiger partial charge in [0.2, 0.25) is 0 Å². The summed E-state index contributed by atoms with van der Waals surface area (Å²) in [5.41, 5.74) is 1.82. The first-order chi connectivity index (χ1) is 3.47. The first-order valence-electron chi connectivity index (χ1n) is 2.91. The van der Waals surface area contributed by atoms with Gasteiger partial charge in [-0.2, -0.15) is 0 Å². The van der Waals surface area contributed by atoms with E-state index in [-0.39, 0.29) is 0 Å². The van der Waals surface area contributed by atoms with Gasteiger partial charge in [-0.25, -0.2) is 0 Å². The summed E-state index contributed by atoms with van der Waals surface area (Å²) >= 11 is 0. The molecule has 38 valence electrons. The van der Waals surface area contributed by atoms with Crippen LogP contribution in [0.2, 0.25) is 0 Å². The van der Waals surface area contributed by atoms with Gasteiger partial charge in [0.15, 0.2) is 0 Å². The third-order valence-corrected chi connectivity index (χ3v) is 3.40.